The highest BCUT2D eigenvalue weighted by atomic mass is 35.5. The van der Waals surface area contributed by atoms with Gasteiger partial charge < -0.3 is 15.2 Å². The van der Waals surface area contributed by atoms with Gasteiger partial charge in [-0.25, -0.2) is 9.98 Å². The van der Waals surface area contributed by atoms with Crippen LogP contribution in [0.25, 0.3) is 0 Å². The van der Waals surface area contributed by atoms with E-state index >= 15 is 0 Å². The first-order valence-corrected chi connectivity index (χ1v) is 8.15. The van der Waals surface area contributed by atoms with E-state index in [1.165, 1.54) is 6.34 Å². The van der Waals surface area contributed by atoms with Crippen molar-refractivity contribution >= 4 is 41.2 Å². The van der Waals surface area contributed by atoms with Gasteiger partial charge in [0.15, 0.2) is 0 Å². The Kier molecular flexibility index (Phi) is 5.28. The van der Waals surface area contributed by atoms with Gasteiger partial charge in [0.25, 0.3) is 11.8 Å². The van der Waals surface area contributed by atoms with Gasteiger partial charge in [0, 0.05) is 16.9 Å². The molecule has 2 aromatic heterocycles. The molecule has 0 bridgehead atoms. The lowest BCUT2D eigenvalue weighted by molar-refractivity contribution is 0.102. The number of anilines is 2. The summed E-state index contributed by atoms with van der Waals surface area (Å²) in [6, 6.07) is 10.5. The highest BCUT2D eigenvalue weighted by Crippen LogP contribution is 2.24. The van der Waals surface area contributed by atoms with Crippen molar-refractivity contribution in [2.45, 2.75) is 13.8 Å². The fourth-order valence-corrected chi connectivity index (χ4v) is 2.27. The van der Waals surface area contributed by atoms with Gasteiger partial charge >= 0.3 is 0 Å². The standard InChI is InChI=1S/C18H16ClN5O2/c1-11-3-8-15(20-9-11)21-10-22-18-16(12(2)24-26-18)17(25)23-14-6-4-13(19)5-7-14/h3-10H,1-2H3,(H,23,25)(H,20,21,22). The molecule has 0 saturated heterocycles. The number of aromatic nitrogens is 2. The Balaban J connectivity index is 1.73. The molecule has 0 saturated carbocycles. The molecule has 0 fully saturated rings. The second-order valence-corrected chi connectivity index (χ2v) is 5.97. The van der Waals surface area contributed by atoms with E-state index in [9.17, 15) is 4.79 Å². The first-order valence-electron chi connectivity index (χ1n) is 7.78. The summed E-state index contributed by atoms with van der Waals surface area (Å²) >= 11 is 5.85. The summed E-state index contributed by atoms with van der Waals surface area (Å²) in [6.07, 6.45) is 3.14. The van der Waals surface area contributed by atoms with E-state index in [4.69, 9.17) is 16.1 Å². The Morgan fingerprint density at radius 3 is 2.65 bits per heavy atom. The van der Waals surface area contributed by atoms with E-state index in [0.717, 1.165) is 5.56 Å². The van der Waals surface area contributed by atoms with Crippen molar-refractivity contribution < 1.29 is 9.32 Å². The van der Waals surface area contributed by atoms with Crippen molar-refractivity contribution in [2.24, 2.45) is 4.99 Å². The number of amides is 1. The van der Waals surface area contributed by atoms with Gasteiger partial charge in [0.2, 0.25) is 0 Å². The molecule has 3 aromatic rings. The Bertz CT molecular complexity index is 933. The lowest BCUT2D eigenvalue weighted by atomic mass is 10.2. The Morgan fingerprint density at radius 1 is 1.19 bits per heavy atom. The molecule has 132 valence electrons. The van der Waals surface area contributed by atoms with Crippen molar-refractivity contribution in [1.82, 2.24) is 10.1 Å². The normalized spacial score (nSPS) is 10.9. The molecular weight excluding hydrogens is 354 g/mol. The van der Waals surface area contributed by atoms with E-state index < -0.39 is 0 Å². The maximum Gasteiger partial charge on any atom is 0.264 e. The number of hydrogen-bond acceptors (Lipinski definition) is 5. The summed E-state index contributed by atoms with van der Waals surface area (Å²) in [7, 11) is 0. The second-order valence-electron chi connectivity index (χ2n) is 5.53. The molecule has 2 N–H and O–H groups in total. The summed E-state index contributed by atoms with van der Waals surface area (Å²) in [6.45, 7) is 3.63. The van der Waals surface area contributed by atoms with Gasteiger partial charge in [-0.2, -0.15) is 0 Å². The third-order valence-corrected chi connectivity index (χ3v) is 3.73. The van der Waals surface area contributed by atoms with E-state index in [1.54, 1.807) is 37.4 Å². The Hall–Kier alpha value is -3.19. The summed E-state index contributed by atoms with van der Waals surface area (Å²) < 4.78 is 5.14. The second kappa shape index (κ2) is 7.79. The molecule has 7 nitrogen and oxygen atoms in total. The predicted molar refractivity (Wildman–Crippen MR) is 101 cm³/mol. The van der Waals surface area contributed by atoms with Crippen LogP contribution in [0.4, 0.5) is 17.4 Å². The van der Waals surface area contributed by atoms with Crippen molar-refractivity contribution in [3.8, 4) is 0 Å². The number of benzene rings is 1. The largest absolute Gasteiger partial charge is 0.335 e. The third-order valence-electron chi connectivity index (χ3n) is 3.48. The minimum Gasteiger partial charge on any atom is -0.335 e. The van der Waals surface area contributed by atoms with Crippen LogP contribution in [0.2, 0.25) is 5.02 Å². The zero-order chi connectivity index (χ0) is 18.5. The number of halogens is 1. The molecule has 0 radical (unpaired) electrons. The van der Waals surface area contributed by atoms with Crippen LogP contribution in [0, 0.1) is 13.8 Å². The molecule has 1 aromatic carbocycles. The number of nitrogens with zero attached hydrogens (tertiary/aromatic N) is 3. The quantitative estimate of drug-likeness (QED) is 0.514. The lowest BCUT2D eigenvalue weighted by Crippen LogP contribution is -2.12. The van der Waals surface area contributed by atoms with Crippen molar-refractivity contribution in [3.05, 3.63) is 64.4 Å². The number of carbonyl (C=O) groups excluding carboxylic acids is 1. The first kappa shape index (κ1) is 17.6. The van der Waals surface area contributed by atoms with Crippen LogP contribution in [0.3, 0.4) is 0 Å². The molecule has 8 heteroatoms. The highest BCUT2D eigenvalue weighted by Gasteiger charge is 2.20. The van der Waals surface area contributed by atoms with Crippen LogP contribution in [-0.2, 0) is 0 Å². The summed E-state index contributed by atoms with van der Waals surface area (Å²) in [5, 5.41) is 10.1. The SMILES string of the molecule is Cc1ccc(N/C=N/c2onc(C)c2C(=O)Nc2ccc(Cl)cc2)nc1. The first-order chi connectivity index (χ1) is 12.5. The summed E-state index contributed by atoms with van der Waals surface area (Å²) in [4.78, 5) is 20.9. The molecule has 1 amide bonds. The van der Waals surface area contributed by atoms with E-state index in [2.05, 4.69) is 25.8 Å². The number of aliphatic imine (C=N–C) groups is 1. The summed E-state index contributed by atoms with van der Waals surface area (Å²) in [5.41, 5.74) is 2.36. The molecule has 3 rings (SSSR count). The number of pyridine rings is 1. The van der Waals surface area contributed by atoms with Crippen LogP contribution in [0.15, 0.2) is 52.1 Å². The molecule has 0 unspecified atom stereocenters. The fraction of sp³-hybridized carbons (Fsp3) is 0.111. The number of hydrogen-bond donors (Lipinski definition) is 2. The van der Waals surface area contributed by atoms with Crippen LogP contribution in [-0.4, -0.2) is 22.4 Å². The molecule has 26 heavy (non-hydrogen) atoms. The molecule has 0 aliphatic carbocycles. The number of carbonyl (C=O) groups is 1. The molecular formula is C18H16ClN5O2. The Labute approximate surface area is 155 Å². The predicted octanol–water partition coefficient (Wildman–Crippen LogP) is 4.36. The van der Waals surface area contributed by atoms with Gasteiger partial charge in [0.05, 0.1) is 12.0 Å². The number of rotatable bonds is 5. The van der Waals surface area contributed by atoms with Crippen molar-refractivity contribution in [1.29, 1.82) is 0 Å². The molecule has 0 spiro atoms. The monoisotopic (exact) mass is 369 g/mol. The van der Waals surface area contributed by atoms with Gasteiger partial charge in [-0.1, -0.05) is 22.8 Å². The zero-order valence-corrected chi connectivity index (χ0v) is 14.9. The average molecular weight is 370 g/mol. The lowest BCUT2D eigenvalue weighted by Gasteiger charge is -2.04. The molecule has 2 heterocycles. The van der Waals surface area contributed by atoms with Gasteiger partial charge in [-0.3, -0.25) is 4.79 Å². The minimum atomic E-state index is -0.369. The number of nitrogens with one attached hydrogen (secondary N) is 2. The van der Waals surface area contributed by atoms with E-state index in [-0.39, 0.29) is 17.4 Å². The van der Waals surface area contributed by atoms with Crippen molar-refractivity contribution in [2.75, 3.05) is 10.6 Å². The van der Waals surface area contributed by atoms with Crippen LogP contribution in [0.1, 0.15) is 21.6 Å². The Morgan fingerprint density at radius 2 is 1.96 bits per heavy atom. The van der Waals surface area contributed by atoms with E-state index in [1.807, 2.05) is 19.1 Å². The van der Waals surface area contributed by atoms with Gasteiger partial charge in [0.1, 0.15) is 11.4 Å². The van der Waals surface area contributed by atoms with Crippen molar-refractivity contribution in [3.63, 3.8) is 0 Å². The zero-order valence-electron chi connectivity index (χ0n) is 14.2. The van der Waals surface area contributed by atoms with E-state index in [0.29, 0.717) is 22.2 Å². The topological polar surface area (TPSA) is 92.4 Å². The highest BCUT2D eigenvalue weighted by molar-refractivity contribution is 6.30. The third kappa shape index (κ3) is 4.25. The number of aryl methyl sites for hydroxylation is 2. The molecule has 0 aliphatic rings. The average Bonchev–Trinajstić information content (AvgIpc) is 2.99. The van der Waals surface area contributed by atoms with Crippen LogP contribution >= 0.6 is 11.6 Å². The maximum atomic E-state index is 12.5. The smallest absolute Gasteiger partial charge is 0.264 e. The fourth-order valence-electron chi connectivity index (χ4n) is 2.14. The summed E-state index contributed by atoms with van der Waals surface area (Å²) in [5.74, 6) is 0.364. The van der Waals surface area contributed by atoms with Gasteiger partial charge in [-0.15, -0.1) is 0 Å². The van der Waals surface area contributed by atoms with Gasteiger partial charge in [-0.05, 0) is 49.7 Å². The van der Waals surface area contributed by atoms with Crippen LogP contribution < -0.4 is 10.6 Å². The minimum absolute atomic E-state index is 0.105. The maximum absolute atomic E-state index is 12.5. The van der Waals surface area contributed by atoms with Crippen LogP contribution in [0.5, 0.6) is 0 Å². The molecule has 0 atom stereocenters. The molecule has 0 aliphatic heterocycles.